The quantitative estimate of drug-likeness (QED) is 0.939. The molecule has 100 valence electrons. The number of anilines is 1. The molecule has 19 heavy (non-hydrogen) atoms. The lowest BCUT2D eigenvalue weighted by molar-refractivity contribution is 0.458. The number of aromatic hydroxyl groups is 1. The highest BCUT2D eigenvalue weighted by Crippen LogP contribution is 2.27. The van der Waals surface area contributed by atoms with E-state index < -0.39 is 15.8 Å². The van der Waals surface area contributed by atoms with Crippen LogP contribution in [0.4, 0.5) is 10.1 Å². The van der Waals surface area contributed by atoms with Crippen molar-refractivity contribution in [2.45, 2.75) is 4.90 Å². The molecule has 0 bridgehead atoms. The van der Waals surface area contributed by atoms with Crippen LogP contribution in [0.5, 0.6) is 5.75 Å². The lowest BCUT2D eigenvalue weighted by atomic mass is 10.3. The largest absolute Gasteiger partial charge is 0.507 e. The minimum atomic E-state index is -3.92. The second-order valence-corrected chi connectivity index (χ2v) is 5.86. The molecule has 0 radical (unpaired) electrons. The van der Waals surface area contributed by atoms with Crippen molar-refractivity contribution >= 4 is 15.7 Å². The predicted octanol–water partition coefficient (Wildman–Crippen LogP) is 2.36. The Morgan fingerprint density at radius 2 is 1.79 bits per heavy atom. The zero-order valence-electron chi connectivity index (χ0n) is 10.1. The van der Waals surface area contributed by atoms with Gasteiger partial charge >= 0.3 is 0 Å². The minimum absolute atomic E-state index is 0.184. The first-order valence-corrected chi connectivity index (χ1v) is 6.89. The molecule has 0 saturated carbocycles. The molecule has 0 spiro atoms. The van der Waals surface area contributed by atoms with Crippen molar-refractivity contribution in [1.29, 1.82) is 0 Å². The highest BCUT2D eigenvalue weighted by molar-refractivity contribution is 7.92. The fourth-order valence-corrected chi connectivity index (χ4v) is 2.90. The molecule has 0 aliphatic heterocycles. The second-order valence-electron chi connectivity index (χ2n) is 3.92. The predicted molar refractivity (Wildman–Crippen MR) is 70.1 cm³/mol. The van der Waals surface area contributed by atoms with Crippen LogP contribution in [0.15, 0.2) is 53.4 Å². The summed E-state index contributed by atoms with van der Waals surface area (Å²) >= 11 is 0. The number of phenols is 1. The van der Waals surface area contributed by atoms with Crippen molar-refractivity contribution in [2.75, 3.05) is 11.4 Å². The van der Waals surface area contributed by atoms with Crippen LogP contribution >= 0.6 is 0 Å². The van der Waals surface area contributed by atoms with Gasteiger partial charge in [-0.25, -0.2) is 12.8 Å². The SMILES string of the molecule is CN(c1cccc(F)c1)S(=O)(=O)c1ccccc1O. The average Bonchev–Trinajstić information content (AvgIpc) is 2.38. The molecule has 0 atom stereocenters. The number of hydrogen-bond donors (Lipinski definition) is 1. The number of hydrogen-bond acceptors (Lipinski definition) is 3. The fraction of sp³-hybridized carbons (Fsp3) is 0.0769. The Bertz CT molecular complexity index is 701. The maximum absolute atomic E-state index is 13.1. The Morgan fingerprint density at radius 1 is 1.11 bits per heavy atom. The van der Waals surface area contributed by atoms with Gasteiger partial charge in [-0.2, -0.15) is 0 Å². The van der Waals surface area contributed by atoms with E-state index >= 15 is 0 Å². The van der Waals surface area contributed by atoms with E-state index in [0.29, 0.717) is 0 Å². The van der Waals surface area contributed by atoms with E-state index in [4.69, 9.17) is 0 Å². The minimum Gasteiger partial charge on any atom is -0.507 e. The van der Waals surface area contributed by atoms with Crippen LogP contribution in [0.2, 0.25) is 0 Å². The Kier molecular flexibility index (Phi) is 3.44. The van der Waals surface area contributed by atoms with Gasteiger partial charge in [0.2, 0.25) is 0 Å². The van der Waals surface area contributed by atoms with Crippen LogP contribution in [0.3, 0.4) is 0 Å². The lowest BCUT2D eigenvalue weighted by Crippen LogP contribution is -2.26. The molecule has 0 saturated heterocycles. The summed E-state index contributed by atoms with van der Waals surface area (Å²) in [7, 11) is -2.62. The molecule has 0 amide bonds. The zero-order valence-corrected chi connectivity index (χ0v) is 10.9. The van der Waals surface area contributed by atoms with Crippen LogP contribution < -0.4 is 4.31 Å². The first-order chi connectivity index (χ1) is 8.93. The number of halogens is 1. The summed E-state index contributed by atoms with van der Waals surface area (Å²) in [6, 6.07) is 10.8. The summed E-state index contributed by atoms with van der Waals surface area (Å²) in [5, 5.41) is 9.62. The highest BCUT2D eigenvalue weighted by atomic mass is 32.2. The number of para-hydroxylation sites is 1. The molecule has 0 aliphatic rings. The van der Waals surface area contributed by atoms with Crippen LogP contribution in [0.25, 0.3) is 0 Å². The van der Waals surface area contributed by atoms with E-state index in [0.717, 1.165) is 10.4 Å². The van der Waals surface area contributed by atoms with Crippen molar-refractivity contribution in [2.24, 2.45) is 0 Å². The van der Waals surface area contributed by atoms with Gasteiger partial charge in [0.05, 0.1) is 5.69 Å². The monoisotopic (exact) mass is 281 g/mol. The van der Waals surface area contributed by atoms with Crippen molar-refractivity contribution in [3.8, 4) is 5.75 Å². The second kappa shape index (κ2) is 4.89. The molecule has 0 aliphatic carbocycles. The topological polar surface area (TPSA) is 57.6 Å². The maximum atomic E-state index is 13.1. The Morgan fingerprint density at radius 3 is 2.42 bits per heavy atom. The molecule has 4 nitrogen and oxygen atoms in total. The molecular weight excluding hydrogens is 269 g/mol. The Hall–Kier alpha value is -2.08. The summed E-state index contributed by atoms with van der Waals surface area (Å²) < 4.78 is 38.7. The lowest BCUT2D eigenvalue weighted by Gasteiger charge is -2.20. The maximum Gasteiger partial charge on any atom is 0.267 e. The van der Waals surface area contributed by atoms with E-state index in [1.807, 2.05) is 0 Å². The van der Waals surface area contributed by atoms with E-state index in [2.05, 4.69) is 0 Å². The summed E-state index contributed by atoms with van der Waals surface area (Å²) in [4.78, 5) is -0.221. The molecular formula is C13H12FNO3S. The number of benzene rings is 2. The van der Waals surface area contributed by atoms with Crippen LogP contribution in [0, 0.1) is 5.82 Å². The molecule has 0 aromatic heterocycles. The number of rotatable bonds is 3. The van der Waals surface area contributed by atoms with Gasteiger partial charge in [0, 0.05) is 7.05 Å². The molecule has 2 rings (SSSR count). The number of phenolic OH excluding ortho intramolecular Hbond substituents is 1. The van der Waals surface area contributed by atoms with Crippen molar-refractivity contribution in [1.82, 2.24) is 0 Å². The van der Waals surface area contributed by atoms with E-state index in [1.165, 1.54) is 49.5 Å². The van der Waals surface area contributed by atoms with Crippen LogP contribution in [0.1, 0.15) is 0 Å². The van der Waals surface area contributed by atoms with Crippen molar-refractivity contribution in [3.63, 3.8) is 0 Å². The normalized spacial score (nSPS) is 11.3. The van der Waals surface area contributed by atoms with Crippen LogP contribution in [-0.4, -0.2) is 20.6 Å². The molecule has 2 aromatic rings. The van der Waals surface area contributed by atoms with Gasteiger partial charge in [0.1, 0.15) is 16.5 Å². The zero-order chi connectivity index (χ0) is 14.0. The first kappa shape index (κ1) is 13.4. The summed E-state index contributed by atoms with van der Waals surface area (Å²) in [6.45, 7) is 0. The average molecular weight is 281 g/mol. The third kappa shape index (κ3) is 2.53. The van der Waals surface area contributed by atoms with Gasteiger partial charge in [-0.05, 0) is 30.3 Å². The van der Waals surface area contributed by atoms with Gasteiger partial charge in [-0.3, -0.25) is 4.31 Å². The van der Waals surface area contributed by atoms with Gasteiger partial charge in [-0.1, -0.05) is 18.2 Å². The van der Waals surface area contributed by atoms with Gasteiger partial charge in [0.25, 0.3) is 10.0 Å². The number of nitrogens with zero attached hydrogens (tertiary/aromatic N) is 1. The smallest absolute Gasteiger partial charge is 0.267 e. The first-order valence-electron chi connectivity index (χ1n) is 5.45. The highest BCUT2D eigenvalue weighted by Gasteiger charge is 2.24. The molecule has 6 heteroatoms. The summed E-state index contributed by atoms with van der Waals surface area (Å²) in [6.07, 6.45) is 0. The van der Waals surface area contributed by atoms with Gasteiger partial charge in [-0.15, -0.1) is 0 Å². The molecule has 0 heterocycles. The molecule has 2 aromatic carbocycles. The molecule has 0 unspecified atom stereocenters. The Balaban J connectivity index is 2.49. The van der Waals surface area contributed by atoms with Crippen molar-refractivity contribution in [3.05, 3.63) is 54.3 Å². The third-order valence-corrected chi connectivity index (χ3v) is 4.51. The fourth-order valence-electron chi connectivity index (χ4n) is 1.63. The van der Waals surface area contributed by atoms with Crippen LogP contribution in [-0.2, 0) is 10.0 Å². The Labute approximate surface area is 110 Å². The molecule has 0 fully saturated rings. The van der Waals surface area contributed by atoms with Crippen molar-refractivity contribution < 1.29 is 17.9 Å². The van der Waals surface area contributed by atoms with E-state index in [1.54, 1.807) is 0 Å². The third-order valence-electron chi connectivity index (χ3n) is 2.68. The number of sulfonamides is 1. The van der Waals surface area contributed by atoms with Gasteiger partial charge in [0.15, 0.2) is 0 Å². The summed E-state index contributed by atoms with van der Waals surface area (Å²) in [5.74, 6) is -0.873. The standard InChI is InChI=1S/C13H12FNO3S/c1-15(11-6-4-5-10(14)9-11)19(17,18)13-8-3-2-7-12(13)16/h2-9,16H,1H3. The van der Waals surface area contributed by atoms with E-state index in [-0.39, 0.29) is 16.3 Å². The van der Waals surface area contributed by atoms with E-state index in [9.17, 15) is 17.9 Å². The summed E-state index contributed by atoms with van der Waals surface area (Å²) in [5.41, 5.74) is 0.184. The molecule has 1 N–H and O–H groups in total. The van der Waals surface area contributed by atoms with Gasteiger partial charge < -0.3 is 5.11 Å².